The van der Waals surface area contributed by atoms with Crippen LogP contribution in [0.2, 0.25) is 0 Å². The number of carbonyl (C=O) groups excluding carboxylic acids is 2. The van der Waals surface area contributed by atoms with Gasteiger partial charge in [0.15, 0.2) is 0 Å². The van der Waals surface area contributed by atoms with E-state index in [1.165, 1.54) is 6.07 Å². The minimum atomic E-state index is -1.17. The van der Waals surface area contributed by atoms with Gasteiger partial charge in [-0.3, -0.25) is 0 Å². The van der Waals surface area contributed by atoms with Crippen LogP contribution in [-0.2, 0) is 15.9 Å². The number of cyclic esters (lactones) is 2. The second kappa shape index (κ2) is 6.47. The Hall–Kier alpha value is -2.25. The Morgan fingerprint density at radius 2 is 2.00 bits per heavy atom. The number of carbonyl (C=O) groups is 3. The Labute approximate surface area is 120 Å². The first kappa shape index (κ1) is 15.1. The molecular formula is C14H15NO6. The van der Waals surface area contributed by atoms with E-state index in [1.807, 2.05) is 0 Å². The van der Waals surface area contributed by atoms with Gasteiger partial charge in [-0.15, -0.1) is 0 Å². The fourth-order valence-electron chi connectivity index (χ4n) is 2.08. The quantitative estimate of drug-likeness (QED) is 0.429. The van der Waals surface area contributed by atoms with Crippen molar-refractivity contribution in [2.45, 2.75) is 12.8 Å². The summed E-state index contributed by atoms with van der Waals surface area (Å²) in [6.45, 7) is 1.31. The molecule has 7 nitrogen and oxygen atoms in total. The van der Waals surface area contributed by atoms with Crippen molar-refractivity contribution in [2.75, 3.05) is 19.8 Å². The van der Waals surface area contributed by atoms with Gasteiger partial charge >= 0.3 is 17.9 Å². The fourth-order valence-corrected chi connectivity index (χ4v) is 2.08. The number of ether oxygens (including phenoxy) is 2. The van der Waals surface area contributed by atoms with Crippen LogP contribution < -0.4 is 5.73 Å². The molecule has 112 valence electrons. The Morgan fingerprint density at radius 3 is 2.67 bits per heavy atom. The predicted octanol–water partition coefficient (Wildman–Crippen LogP) is 0.603. The molecule has 0 radical (unpaired) electrons. The predicted molar refractivity (Wildman–Crippen MR) is 71.3 cm³/mol. The third kappa shape index (κ3) is 3.26. The number of hydrogen-bond acceptors (Lipinski definition) is 6. The summed E-state index contributed by atoms with van der Waals surface area (Å²) in [6.07, 6.45) is 1.03. The zero-order chi connectivity index (χ0) is 15.4. The van der Waals surface area contributed by atoms with Crippen LogP contribution >= 0.6 is 0 Å². The summed E-state index contributed by atoms with van der Waals surface area (Å²) in [4.78, 5) is 34.3. The van der Waals surface area contributed by atoms with Crippen LogP contribution in [0.1, 0.15) is 43.1 Å². The molecule has 7 heteroatoms. The molecule has 0 bridgehead atoms. The fraction of sp³-hybridized carbons (Fsp3) is 0.357. The van der Waals surface area contributed by atoms with Crippen molar-refractivity contribution >= 4 is 17.9 Å². The molecule has 0 aliphatic carbocycles. The number of hydrogen-bond donors (Lipinski definition) is 2. The summed E-state index contributed by atoms with van der Waals surface area (Å²) in [5.41, 5.74) is 5.85. The summed E-state index contributed by atoms with van der Waals surface area (Å²) >= 11 is 0. The average molecular weight is 293 g/mol. The molecule has 2 rings (SSSR count). The van der Waals surface area contributed by atoms with Crippen molar-refractivity contribution < 1.29 is 29.0 Å². The Balaban J connectivity index is 2.23. The maximum Gasteiger partial charge on any atom is 0.347 e. The lowest BCUT2D eigenvalue weighted by atomic mass is 9.97. The molecule has 1 aliphatic rings. The molecular weight excluding hydrogens is 278 g/mol. The molecule has 0 saturated heterocycles. The lowest BCUT2D eigenvalue weighted by Gasteiger charge is -2.07. The first-order valence-corrected chi connectivity index (χ1v) is 6.49. The molecule has 1 aromatic carbocycles. The van der Waals surface area contributed by atoms with Crippen LogP contribution in [0, 0.1) is 0 Å². The van der Waals surface area contributed by atoms with E-state index in [4.69, 9.17) is 15.6 Å². The Kier molecular flexibility index (Phi) is 4.66. The van der Waals surface area contributed by atoms with Gasteiger partial charge in [-0.1, -0.05) is 0 Å². The number of benzene rings is 1. The SMILES string of the molecule is NCCCOCCc1cc(C(=O)O)cc2c1C(=O)OC2=O. The van der Waals surface area contributed by atoms with Gasteiger partial charge < -0.3 is 20.3 Å². The molecule has 0 spiro atoms. The summed E-state index contributed by atoms with van der Waals surface area (Å²) in [5.74, 6) is -2.73. The molecule has 1 heterocycles. The normalized spacial score (nSPS) is 13.2. The number of fused-ring (bicyclic) bond motifs is 1. The molecule has 0 unspecified atom stereocenters. The highest BCUT2D eigenvalue weighted by atomic mass is 16.6. The van der Waals surface area contributed by atoms with E-state index >= 15 is 0 Å². The van der Waals surface area contributed by atoms with E-state index in [0.717, 1.165) is 6.07 Å². The Morgan fingerprint density at radius 1 is 1.24 bits per heavy atom. The van der Waals surface area contributed by atoms with Gasteiger partial charge in [0.25, 0.3) is 0 Å². The summed E-state index contributed by atoms with van der Waals surface area (Å²) in [5, 5.41) is 9.05. The van der Waals surface area contributed by atoms with Gasteiger partial charge in [-0.05, 0) is 37.1 Å². The van der Waals surface area contributed by atoms with Gasteiger partial charge in [0.1, 0.15) is 0 Å². The molecule has 1 aromatic rings. The number of carboxylic acid groups (broad SMARTS) is 1. The van der Waals surface area contributed by atoms with E-state index in [2.05, 4.69) is 4.74 Å². The van der Waals surface area contributed by atoms with E-state index in [1.54, 1.807) is 0 Å². The van der Waals surface area contributed by atoms with E-state index in [-0.39, 0.29) is 16.7 Å². The largest absolute Gasteiger partial charge is 0.478 e. The van der Waals surface area contributed by atoms with Gasteiger partial charge in [0.05, 0.1) is 23.3 Å². The third-order valence-corrected chi connectivity index (χ3v) is 3.08. The lowest BCUT2D eigenvalue weighted by molar-refractivity contribution is 0.0443. The van der Waals surface area contributed by atoms with Crippen molar-refractivity contribution in [3.8, 4) is 0 Å². The minimum absolute atomic E-state index is 0.00291. The highest BCUT2D eigenvalue weighted by Crippen LogP contribution is 2.26. The monoisotopic (exact) mass is 293 g/mol. The molecule has 0 atom stereocenters. The van der Waals surface area contributed by atoms with Crippen molar-refractivity contribution in [1.29, 1.82) is 0 Å². The highest BCUT2D eigenvalue weighted by Gasteiger charge is 2.33. The summed E-state index contributed by atoms with van der Waals surface area (Å²) in [6, 6.07) is 2.52. The van der Waals surface area contributed by atoms with Crippen LogP contribution in [0.3, 0.4) is 0 Å². The van der Waals surface area contributed by atoms with Crippen LogP contribution in [0.15, 0.2) is 12.1 Å². The summed E-state index contributed by atoms with van der Waals surface area (Å²) in [7, 11) is 0. The second-order valence-corrected chi connectivity index (χ2v) is 4.54. The van der Waals surface area contributed by atoms with Crippen molar-refractivity contribution in [1.82, 2.24) is 0 Å². The lowest BCUT2D eigenvalue weighted by Crippen LogP contribution is -2.10. The number of rotatable bonds is 7. The molecule has 3 N–H and O–H groups in total. The van der Waals surface area contributed by atoms with Crippen LogP contribution in [-0.4, -0.2) is 42.8 Å². The number of carboxylic acids is 1. The van der Waals surface area contributed by atoms with Crippen LogP contribution in [0.25, 0.3) is 0 Å². The maximum atomic E-state index is 11.7. The maximum absolute atomic E-state index is 11.7. The molecule has 1 aliphatic heterocycles. The van der Waals surface area contributed by atoms with Gasteiger partial charge in [-0.25, -0.2) is 14.4 Å². The zero-order valence-electron chi connectivity index (χ0n) is 11.3. The van der Waals surface area contributed by atoms with Crippen molar-refractivity contribution in [2.24, 2.45) is 5.73 Å². The number of nitrogens with two attached hydrogens (primary N) is 1. The zero-order valence-corrected chi connectivity index (χ0v) is 11.3. The molecule has 0 saturated carbocycles. The van der Waals surface area contributed by atoms with Crippen LogP contribution in [0.4, 0.5) is 0 Å². The number of aromatic carboxylic acids is 1. The minimum Gasteiger partial charge on any atom is -0.478 e. The topological polar surface area (TPSA) is 116 Å². The average Bonchev–Trinajstić information content (AvgIpc) is 2.73. The second-order valence-electron chi connectivity index (χ2n) is 4.54. The van der Waals surface area contributed by atoms with Crippen molar-refractivity contribution in [3.63, 3.8) is 0 Å². The summed E-state index contributed by atoms with van der Waals surface area (Å²) < 4.78 is 9.86. The smallest absolute Gasteiger partial charge is 0.347 e. The van der Waals surface area contributed by atoms with E-state index < -0.39 is 17.9 Å². The molecule has 0 aromatic heterocycles. The molecule has 21 heavy (non-hydrogen) atoms. The van der Waals surface area contributed by atoms with E-state index in [0.29, 0.717) is 38.2 Å². The molecule has 0 amide bonds. The standard InChI is InChI=1S/C14H15NO6/c15-3-1-4-20-5-2-8-6-9(12(16)17)7-10-11(8)14(19)21-13(10)18/h6-7H,1-5,15H2,(H,16,17). The Bertz CT molecular complexity index is 595. The first-order valence-electron chi connectivity index (χ1n) is 6.49. The number of esters is 2. The van der Waals surface area contributed by atoms with Gasteiger partial charge in [-0.2, -0.15) is 0 Å². The van der Waals surface area contributed by atoms with Crippen LogP contribution in [0.5, 0.6) is 0 Å². The van der Waals surface area contributed by atoms with E-state index in [9.17, 15) is 14.4 Å². The molecule has 0 fully saturated rings. The van der Waals surface area contributed by atoms with Gasteiger partial charge in [0, 0.05) is 6.61 Å². The third-order valence-electron chi connectivity index (χ3n) is 3.08. The van der Waals surface area contributed by atoms with Gasteiger partial charge in [0.2, 0.25) is 0 Å². The van der Waals surface area contributed by atoms with Crippen molar-refractivity contribution in [3.05, 3.63) is 34.4 Å². The first-order chi connectivity index (χ1) is 10.0. The highest BCUT2D eigenvalue weighted by molar-refractivity contribution is 6.16.